The van der Waals surface area contributed by atoms with Crippen LogP contribution in [0.5, 0.6) is 0 Å². The van der Waals surface area contributed by atoms with Crippen LogP contribution in [-0.4, -0.2) is 48.3 Å². The van der Waals surface area contributed by atoms with Crippen LogP contribution in [-0.2, 0) is 0 Å². The van der Waals surface area contributed by atoms with Crippen LogP contribution < -0.4 is 10.6 Å². The van der Waals surface area contributed by atoms with E-state index in [9.17, 15) is 9.18 Å². The third-order valence-corrected chi connectivity index (χ3v) is 3.00. The SMILES string of the molecule is CC[C@@H](F)CN1CC[C@@H](NC(=O)NC(C)(C)C)C1. The topological polar surface area (TPSA) is 44.4 Å². The lowest BCUT2D eigenvalue weighted by Gasteiger charge is -2.23. The van der Waals surface area contributed by atoms with E-state index in [0.717, 1.165) is 19.5 Å². The van der Waals surface area contributed by atoms with Gasteiger partial charge in [-0.1, -0.05) is 6.92 Å². The molecule has 0 aromatic rings. The summed E-state index contributed by atoms with van der Waals surface area (Å²) in [5.41, 5.74) is -0.228. The van der Waals surface area contributed by atoms with Crippen molar-refractivity contribution in [2.24, 2.45) is 0 Å². The summed E-state index contributed by atoms with van der Waals surface area (Å²) in [6.45, 7) is 9.79. The summed E-state index contributed by atoms with van der Waals surface area (Å²) >= 11 is 0. The molecule has 5 heteroatoms. The molecule has 1 heterocycles. The summed E-state index contributed by atoms with van der Waals surface area (Å²) in [6.07, 6.45) is 0.694. The lowest BCUT2D eigenvalue weighted by Crippen LogP contribution is -2.50. The van der Waals surface area contributed by atoms with E-state index < -0.39 is 6.17 Å². The number of halogens is 1. The number of hydrogen-bond acceptors (Lipinski definition) is 2. The Hall–Kier alpha value is -0.840. The van der Waals surface area contributed by atoms with Gasteiger partial charge in [-0.05, 0) is 33.6 Å². The third-order valence-electron chi connectivity index (χ3n) is 3.00. The van der Waals surface area contributed by atoms with Crippen LogP contribution in [0.4, 0.5) is 9.18 Å². The van der Waals surface area contributed by atoms with Crippen molar-refractivity contribution in [3.05, 3.63) is 0 Å². The second-order valence-corrected chi connectivity index (χ2v) is 6.10. The molecule has 0 radical (unpaired) electrons. The first-order valence-electron chi connectivity index (χ1n) is 6.75. The molecule has 1 saturated heterocycles. The number of alkyl halides is 1. The average Bonchev–Trinajstić information content (AvgIpc) is 2.62. The van der Waals surface area contributed by atoms with Crippen LogP contribution in [0.25, 0.3) is 0 Å². The Morgan fingerprint density at radius 2 is 2.17 bits per heavy atom. The van der Waals surface area contributed by atoms with E-state index >= 15 is 0 Å². The Morgan fingerprint density at radius 1 is 1.50 bits per heavy atom. The maximum Gasteiger partial charge on any atom is 0.315 e. The first kappa shape index (κ1) is 15.2. The molecule has 4 nitrogen and oxygen atoms in total. The van der Waals surface area contributed by atoms with E-state index in [4.69, 9.17) is 0 Å². The normalized spacial score (nSPS) is 22.8. The van der Waals surface area contributed by atoms with Gasteiger partial charge in [0, 0.05) is 31.2 Å². The molecule has 2 atom stereocenters. The predicted molar refractivity (Wildman–Crippen MR) is 71.5 cm³/mol. The van der Waals surface area contributed by atoms with Crippen molar-refractivity contribution in [2.75, 3.05) is 19.6 Å². The van der Waals surface area contributed by atoms with Crippen molar-refractivity contribution >= 4 is 6.03 Å². The van der Waals surface area contributed by atoms with E-state index in [2.05, 4.69) is 15.5 Å². The van der Waals surface area contributed by atoms with Crippen LogP contribution in [0.1, 0.15) is 40.5 Å². The highest BCUT2D eigenvalue weighted by Crippen LogP contribution is 2.12. The summed E-state index contributed by atoms with van der Waals surface area (Å²) in [7, 11) is 0. The van der Waals surface area contributed by atoms with Crippen molar-refractivity contribution in [3.63, 3.8) is 0 Å². The molecule has 1 fully saturated rings. The fraction of sp³-hybridized carbons (Fsp3) is 0.923. The molecule has 0 bridgehead atoms. The smallest absolute Gasteiger partial charge is 0.315 e. The van der Waals surface area contributed by atoms with Crippen LogP contribution in [0.15, 0.2) is 0 Å². The van der Waals surface area contributed by atoms with Gasteiger partial charge in [0.2, 0.25) is 0 Å². The average molecular weight is 259 g/mol. The molecule has 106 valence electrons. The van der Waals surface area contributed by atoms with Crippen molar-refractivity contribution in [2.45, 2.75) is 58.3 Å². The van der Waals surface area contributed by atoms with E-state index in [0.29, 0.717) is 13.0 Å². The van der Waals surface area contributed by atoms with Crippen LogP contribution in [0.2, 0.25) is 0 Å². The highest BCUT2D eigenvalue weighted by atomic mass is 19.1. The monoisotopic (exact) mass is 259 g/mol. The second kappa shape index (κ2) is 6.36. The van der Waals surface area contributed by atoms with Gasteiger partial charge in [0.15, 0.2) is 0 Å². The highest BCUT2D eigenvalue weighted by Gasteiger charge is 2.26. The Morgan fingerprint density at radius 3 is 2.72 bits per heavy atom. The van der Waals surface area contributed by atoms with Crippen molar-refractivity contribution in [3.8, 4) is 0 Å². The number of rotatable bonds is 4. The lowest BCUT2D eigenvalue weighted by molar-refractivity contribution is 0.209. The fourth-order valence-electron chi connectivity index (χ4n) is 2.09. The maximum atomic E-state index is 13.3. The van der Waals surface area contributed by atoms with E-state index in [-0.39, 0.29) is 17.6 Å². The molecule has 0 aromatic carbocycles. The zero-order chi connectivity index (χ0) is 13.8. The molecule has 0 aromatic heterocycles. The Balaban J connectivity index is 2.28. The van der Waals surface area contributed by atoms with E-state index in [1.165, 1.54) is 0 Å². The molecule has 0 unspecified atom stereocenters. The minimum absolute atomic E-state index is 0.136. The number of nitrogens with zero attached hydrogens (tertiary/aromatic N) is 1. The molecular weight excluding hydrogens is 233 g/mol. The third kappa shape index (κ3) is 5.67. The molecule has 0 aliphatic carbocycles. The van der Waals surface area contributed by atoms with Crippen molar-refractivity contribution in [1.82, 2.24) is 15.5 Å². The molecular formula is C13H26FN3O. The van der Waals surface area contributed by atoms with Gasteiger partial charge < -0.3 is 10.6 Å². The first-order valence-corrected chi connectivity index (χ1v) is 6.75. The molecule has 1 rings (SSSR count). The van der Waals surface area contributed by atoms with Crippen LogP contribution in [0.3, 0.4) is 0 Å². The zero-order valence-corrected chi connectivity index (χ0v) is 11.9. The van der Waals surface area contributed by atoms with Gasteiger partial charge >= 0.3 is 6.03 Å². The summed E-state index contributed by atoms with van der Waals surface area (Å²) < 4.78 is 13.3. The number of likely N-dealkylation sites (tertiary alicyclic amines) is 1. The molecule has 2 amide bonds. The largest absolute Gasteiger partial charge is 0.334 e. The molecule has 0 saturated carbocycles. The maximum absolute atomic E-state index is 13.3. The molecule has 1 aliphatic rings. The van der Waals surface area contributed by atoms with Gasteiger partial charge in [0.1, 0.15) is 6.17 Å². The van der Waals surface area contributed by atoms with Crippen molar-refractivity contribution in [1.29, 1.82) is 0 Å². The van der Waals surface area contributed by atoms with Gasteiger partial charge in [-0.15, -0.1) is 0 Å². The number of amides is 2. The number of carbonyl (C=O) groups is 1. The number of hydrogen-bond donors (Lipinski definition) is 2. The highest BCUT2D eigenvalue weighted by molar-refractivity contribution is 5.75. The zero-order valence-electron chi connectivity index (χ0n) is 11.9. The summed E-state index contributed by atoms with van der Waals surface area (Å²) in [5, 5.41) is 5.81. The van der Waals surface area contributed by atoms with Gasteiger partial charge in [0.25, 0.3) is 0 Å². The van der Waals surface area contributed by atoms with Crippen LogP contribution in [0, 0.1) is 0 Å². The molecule has 0 spiro atoms. The summed E-state index contributed by atoms with van der Waals surface area (Å²) in [4.78, 5) is 13.8. The van der Waals surface area contributed by atoms with Gasteiger partial charge in [-0.3, -0.25) is 4.90 Å². The Labute approximate surface area is 109 Å². The molecule has 18 heavy (non-hydrogen) atoms. The second-order valence-electron chi connectivity index (χ2n) is 6.10. The minimum Gasteiger partial charge on any atom is -0.334 e. The summed E-state index contributed by atoms with van der Waals surface area (Å²) in [6, 6.07) is -0.00181. The van der Waals surface area contributed by atoms with Crippen LogP contribution >= 0.6 is 0 Å². The van der Waals surface area contributed by atoms with Gasteiger partial charge in [-0.25, -0.2) is 9.18 Å². The minimum atomic E-state index is -0.757. The lowest BCUT2D eigenvalue weighted by atomic mass is 10.1. The van der Waals surface area contributed by atoms with Crippen molar-refractivity contribution < 1.29 is 9.18 Å². The number of nitrogens with one attached hydrogen (secondary N) is 2. The number of urea groups is 1. The predicted octanol–water partition coefficient (Wildman–Crippen LogP) is 1.91. The fourth-order valence-corrected chi connectivity index (χ4v) is 2.09. The van der Waals surface area contributed by atoms with E-state index in [1.807, 2.05) is 27.7 Å². The van der Waals surface area contributed by atoms with E-state index in [1.54, 1.807) is 0 Å². The molecule has 2 N–H and O–H groups in total. The quantitative estimate of drug-likeness (QED) is 0.810. The van der Waals surface area contributed by atoms with Gasteiger partial charge in [0.05, 0.1) is 0 Å². The van der Waals surface area contributed by atoms with Gasteiger partial charge in [-0.2, -0.15) is 0 Å². The standard InChI is InChI=1S/C13H26FN3O/c1-5-10(14)8-17-7-6-11(9-17)15-12(18)16-13(2,3)4/h10-11H,5-9H2,1-4H3,(H2,15,16,18)/t10-,11-/m1/s1. The first-order chi connectivity index (χ1) is 8.30. The summed E-state index contributed by atoms with van der Waals surface area (Å²) in [5.74, 6) is 0. The number of carbonyl (C=O) groups excluding carboxylic acids is 1. The molecule has 1 aliphatic heterocycles. The Bertz CT molecular complexity index is 278. The Kier molecular flexibility index (Phi) is 5.38.